The number of benzene rings is 1. The van der Waals surface area contributed by atoms with Crippen LogP contribution in [0, 0.1) is 5.92 Å². The number of amides is 3. The molecule has 10 heteroatoms. The first-order valence-electron chi connectivity index (χ1n) is 11.3. The van der Waals surface area contributed by atoms with Crippen LogP contribution in [0.15, 0.2) is 63.9 Å². The summed E-state index contributed by atoms with van der Waals surface area (Å²) in [7, 11) is 0. The highest BCUT2D eigenvalue weighted by Gasteiger charge is 2.54. The number of urea groups is 1. The van der Waals surface area contributed by atoms with Gasteiger partial charge >= 0.3 is 11.9 Å². The van der Waals surface area contributed by atoms with Crippen molar-refractivity contribution in [3.63, 3.8) is 0 Å². The molecule has 0 fully saturated rings. The highest BCUT2D eigenvalue weighted by molar-refractivity contribution is 8.17. The Labute approximate surface area is 214 Å². The number of rotatable bonds is 3. The van der Waals surface area contributed by atoms with Crippen LogP contribution in [0.2, 0.25) is 10.0 Å². The van der Waals surface area contributed by atoms with Gasteiger partial charge in [-0.15, -0.1) is 4.90 Å². The van der Waals surface area contributed by atoms with Crippen LogP contribution < -0.4 is 10.5 Å². The molecule has 0 N–H and O–H groups in total. The maximum absolute atomic E-state index is 13.8. The highest BCUT2D eigenvalue weighted by Crippen LogP contribution is 2.48. The van der Waals surface area contributed by atoms with E-state index in [0.29, 0.717) is 27.1 Å². The summed E-state index contributed by atoms with van der Waals surface area (Å²) in [5.41, 5.74) is 2.17. The van der Waals surface area contributed by atoms with Gasteiger partial charge in [0.2, 0.25) is 0 Å². The van der Waals surface area contributed by atoms with Crippen LogP contribution in [0.5, 0.6) is 0 Å². The molecule has 6 rings (SSSR count). The highest BCUT2D eigenvalue weighted by atomic mass is 35.5. The van der Waals surface area contributed by atoms with Gasteiger partial charge in [0.1, 0.15) is 17.9 Å². The number of fused-ring (bicyclic) bond motifs is 3. The van der Waals surface area contributed by atoms with Crippen molar-refractivity contribution in [3.05, 3.63) is 85.2 Å². The van der Waals surface area contributed by atoms with Crippen molar-refractivity contribution in [1.82, 2.24) is 9.38 Å². The Hall–Kier alpha value is -2.94. The summed E-state index contributed by atoms with van der Waals surface area (Å²) in [5.74, 6) is -0.811. The van der Waals surface area contributed by atoms with Crippen molar-refractivity contribution < 1.29 is 14.2 Å². The van der Waals surface area contributed by atoms with E-state index in [-0.39, 0.29) is 23.0 Å². The van der Waals surface area contributed by atoms with Gasteiger partial charge in [-0.25, -0.2) is 9.78 Å². The second kappa shape index (κ2) is 8.62. The van der Waals surface area contributed by atoms with Gasteiger partial charge in [0, 0.05) is 18.3 Å². The van der Waals surface area contributed by atoms with Gasteiger partial charge in [-0.1, -0.05) is 41.0 Å². The fourth-order valence-electron chi connectivity index (χ4n) is 4.91. The fourth-order valence-corrected chi connectivity index (χ4v) is 6.67. The smallest absolute Gasteiger partial charge is 0.269 e. The van der Waals surface area contributed by atoms with Crippen molar-refractivity contribution in [2.45, 2.75) is 32.2 Å². The molecule has 0 saturated carbocycles. The number of thioether (sulfide) groups is 1. The Morgan fingerprint density at radius 2 is 1.86 bits per heavy atom. The lowest BCUT2D eigenvalue weighted by molar-refractivity contribution is -0.444. The van der Waals surface area contributed by atoms with Crippen molar-refractivity contribution in [2.24, 2.45) is 5.92 Å². The van der Waals surface area contributed by atoms with Gasteiger partial charge in [0.25, 0.3) is 5.56 Å². The van der Waals surface area contributed by atoms with Crippen molar-refractivity contribution >= 4 is 63.3 Å². The summed E-state index contributed by atoms with van der Waals surface area (Å²) in [6.07, 6.45) is 5.46. The monoisotopic (exact) mass is 525 g/mol. The minimum absolute atomic E-state index is 0.0734. The third-order valence-electron chi connectivity index (χ3n) is 6.54. The first kappa shape index (κ1) is 22.5. The fraction of sp³-hybridized carbons (Fsp3) is 0.240. The van der Waals surface area contributed by atoms with E-state index in [1.165, 1.54) is 38.1 Å². The topological polar surface area (TPSA) is 74.8 Å². The summed E-state index contributed by atoms with van der Waals surface area (Å²) in [5, 5.41) is 1.29. The van der Waals surface area contributed by atoms with E-state index in [2.05, 4.69) is 4.98 Å². The van der Waals surface area contributed by atoms with Gasteiger partial charge in [-0.3, -0.25) is 9.20 Å². The van der Waals surface area contributed by atoms with E-state index >= 15 is 0 Å². The summed E-state index contributed by atoms with van der Waals surface area (Å²) in [4.78, 5) is 47.2. The average Bonchev–Trinajstić information content (AvgIpc) is 3.24. The SMILES string of the molecule is O=C1C2C3=C(CCCC3)SC2=[N+](Cc2cc(=O)n3ccccc3n2)C(=O)N1c1ccc(Cl)c(Cl)c1. The first-order chi connectivity index (χ1) is 16.9. The van der Waals surface area contributed by atoms with Gasteiger partial charge < -0.3 is 0 Å². The molecule has 1 aliphatic carbocycles. The molecule has 0 bridgehead atoms. The largest absolute Gasteiger partial charge is 0.506 e. The second-order valence-electron chi connectivity index (χ2n) is 8.68. The number of halogens is 2. The third-order valence-corrected chi connectivity index (χ3v) is 8.66. The number of allylic oxidation sites excluding steroid dienone is 1. The zero-order valence-corrected chi connectivity index (χ0v) is 20.7. The summed E-state index contributed by atoms with van der Waals surface area (Å²) < 4.78 is 3.03. The molecule has 35 heavy (non-hydrogen) atoms. The second-order valence-corrected chi connectivity index (χ2v) is 10.6. The molecule has 1 atom stereocenters. The molecule has 3 aromatic rings. The van der Waals surface area contributed by atoms with Gasteiger partial charge in [-0.2, -0.15) is 9.37 Å². The number of carbonyl (C=O) groups excluding carboxylic acids is 2. The molecule has 1 aromatic carbocycles. The van der Waals surface area contributed by atoms with Crippen LogP contribution >= 0.6 is 35.0 Å². The lowest BCUT2D eigenvalue weighted by atomic mass is 9.88. The number of anilines is 1. The van der Waals surface area contributed by atoms with Crippen LogP contribution in [0.4, 0.5) is 10.5 Å². The number of hydrogen-bond acceptors (Lipinski definition) is 5. The molecule has 3 aliphatic rings. The zero-order valence-electron chi connectivity index (χ0n) is 18.4. The van der Waals surface area contributed by atoms with Crippen LogP contribution in [0.1, 0.15) is 31.4 Å². The molecular weight excluding hydrogens is 507 g/mol. The molecule has 2 aromatic heterocycles. The number of nitrogens with zero attached hydrogens (tertiary/aromatic N) is 4. The van der Waals surface area contributed by atoms with E-state index in [1.807, 2.05) is 0 Å². The minimum Gasteiger partial charge on any atom is -0.269 e. The number of hydrogen-bond donors (Lipinski definition) is 0. The molecule has 0 radical (unpaired) electrons. The molecular formula is C25H19Cl2N4O3S+. The van der Waals surface area contributed by atoms with Crippen molar-refractivity contribution in [2.75, 3.05) is 4.90 Å². The zero-order chi connectivity index (χ0) is 24.3. The quantitative estimate of drug-likeness (QED) is 0.435. The molecule has 0 spiro atoms. The van der Waals surface area contributed by atoms with E-state index in [1.54, 1.807) is 41.1 Å². The molecule has 0 saturated heterocycles. The molecule has 2 aliphatic heterocycles. The average molecular weight is 526 g/mol. The molecule has 1 unspecified atom stereocenters. The standard InChI is InChI=1S/C25H19Cl2N4O3S/c26-17-9-8-15(12-18(17)27)31-23(33)22-16-5-1-2-6-19(16)35-24(22)30(25(31)34)13-14-11-21(32)29-10-4-3-7-20(29)28-14/h3-4,7-12,22H,1-2,5-6,13H2/q+1. The third kappa shape index (κ3) is 3.71. The Bertz CT molecular complexity index is 1560. The van der Waals surface area contributed by atoms with Crippen molar-refractivity contribution in [3.8, 4) is 0 Å². The predicted molar refractivity (Wildman–Crippen MR) is 136 cm³/mol. The number of aromatic nitrogens is 2. The summed E-state index contributed by atoms with van der Waals surface area (Å²) in [6.45, 7) is 0.0734. The number of carbonyl (C=O) groups is 2. The lowest BCUT2D eigenvalue weighted by Gasteiger charge is -2.26. The Balaban J connectivity index is 1.49. The van der Waals surface area contributed by atoms with Crippen LogP contribution in [0.3, 0.4) is 0 Å². The lowest BCUT2D eigenvalue weighted by Crippen LogP contribution is -2.53. The number of imide groups is 1. The Morgan fingerprint density at radius 1 is 1.03 bits per heavy atom. The van der Waals surface area contributed by atoms with Gasteiger partial charge in [0.15, 0.2) is 11.0 Å². The van der Waals surface area contributed by atoms with E-state index in [4.69, 9.17) is 23.2 Å². The molecule has 4 heterocycles. The van der Waals surface area contributed by atoms with Gasteiger partial charge in [0.05, 0.1) is 15.7 Å². The maximum atomic E-state index is 13.8. The van der Waals surface area contributed by atoms with Crippen molar-refractivity contribution in [1.29, 1.82) is 0 Å². The summed E-state index contributed by atoms with van der Waals surface area (Å²) in [6, 6.07) is 11.0. The normalized spacial score (nSPS) is 20.1. The van der Waals surface area contributed by atoms with E-state index in [9.17, 15) is 14.4 Å². The molecule has 176 valence electrons. The van der Waals surface area contributed by atoms with Gasteiger partial charge in [-0.05, 0) is 60.4 Å². The van der Waals surface area contributed by atoms with Crippen LogP contribution in [-0.2, 0) is 11.3 Å². The Morgan fingerprint density at radius 3 is 2.69 bits per heavy atom. The minimum atomic E-state index is -0.524. The van der Waals surface area contributed by atoms with E-state index < -0.39 is 11.9 Å². The van der Waals surface area contributed by atoms with E-state index in [0.717, 1.165) is 31.3 Å². The predicted octanol–water partition coefficient (Wildman–Crippen LogP) is 5.27. The molecule has 7 nitrogen and oxygen atoms in total. The summed E-state index contributed by atoms with van der Waals surface area (Å²) >= 11 is 13.8. The number of pyridine rings is 1. The maximum Gasteiger partial charge on any atom is 0.506 e. The molecule has 3 amide bonds. The van der Waals surface area contributed by atoms with Crippen LogP contribution in [0.25, 0.3) is 5.65 Å². The first-order valence-corrected chi connectivity index (χ1v) is 12.8. The Kier molecular flexibility index (Phi) is 5.55. The van der Waals surface area contributed by atoms with Crippen LogP contribution in [-0.4, -0.2) is 30.9 Å².